The fourth-order valence-electron chi connectivity index (χ4n) is 15.4. The van der Waals surface area contributed by atoms with Crippen molar-refractivity contribution in [3.63, 3.8) is 0 Å². The molecule has 29 heteroatoms. The van der Waals surface area contributed by atoms with Crippen LogP contribution < -0.4 is 15.3 Å². The number of unbranched alkanes of at least 4 members (excludes halogenated alkanes) is 28. The van der Waals surface area contributed by atoms with Crippen LogP contribution in [0.15, 0.2) is 52.9 Å². The summed E-state index contributed by atoms with van der Waals surface area (Å²) in [5.41, 5.74) is 10.2. The van der Waals surface area contributed by atoms with Crippen LogP contribution in [-0.4, -0.2) is 122 Å². The van der Waals surface area contributed by atoms with E-state index in [1.54, 1.807) is 49.2 Å². The molecule has 2 aliphatic heterocycles. The number of hydrogen-bond donors (Lipinski definition) is 0. The Morgan fingerprint density at radius 3 is 1.12 bits per heavy atom. The van der Waals surface area contributed by atoms with E-state index >= 15 is 0 Å². The van der Waals surface area contributed by atoms with Gasteiger partial charge in [0.15, 0.2) is 0 Å². The van der Waals surface area contributed by atoms with Crippen molar-refractivity contribution < 1.29 is 28.7 Å². The van der Waals surface area contributed by atoms with E-state index in [-0.39, 0.29) is 38.5 Å². The summed E-state index contributed by atoms with van der Waals surface area (Å²) in [4.78, 5) is 76.9. The summed E-state index contributed by atoms with van der Waals surface area (Å²) in [7, 11) is 4.50. The number of amides is 4. The van der Waals surface area contributed by atoms with E-state index in [1.807, 2.05) is 36.5 Å². The Morgan fingerprint density at radius 1 is 0.347 bits per heavy atom. The Hall–Kier alpha value is -2.08. The van der Waals surface area contributed by atoms with Gasteiger partial charge in [-0.1, -0.05) is 229 Å². The topological polar surface area (TPSA) is 145 Å². The first-order valence-electron chi connectivity index (χ1n) is 44.3. The van der Waals surface area contributed by atoms with Gasteiger partial charge in [-0.25, -0.2) is 0 Å². The van der Waals surface area contributed by atoms with Crippen LogP contribution in [0.25, 0.3) is 80.9 Å². The molecule has 2 aromatic carbocycles. The predicted octanol–water partition coefficient (Wildman–Crippen LogP) is 35.1. The van der Waals surface area contributed by atoms with Crippen LogP contribution in [-0.2, 0) is 0 Å². The molecular weight excluding hydrogens is 2210 g/mol. The molecule has 0 atom stereocenters. The van der Waals surface area contributed by atoms with Gasteiger partial charge >= 0.3 is 116 Å². The van der Waals surface area contributed by atoms with Crippen LogP contribution in [0.1, 0.15) is 310 Å². The van der Waals surface area contributed by atoms with Crippen molar-refractivity contribution >= 4 is 302 Å². The summed E-state index contributed by atoms with van der Waals surface area (Å²) in [6, 6.07) is 14.1. The zero-order valence-corrected chi connectivity index (χ0v) is 94.4. The molecule has 0 unspecified atom stereocenters. The quantitative estimate of drug-likeness (QED) is 0.0206. The van der Waals surface area contributed by atoms with Crippen molar-refractivity contribution in [2.45, 2.75) is 312 Å². The fourth-order valence-corrected chi connectivity index (χ4v) is 40.7. The summed E-state index contributed by atoms with van der Waals surface area (Å²) in [5.74, 6) is 1.25. The zero-order valence-electron chi connectivity index (χ0n) is 74.2. The average Bonchev–Trinajstić information content (AvgIpc) is 1.54. The van der Waals surface area contributed by atoms with E-state index in [9.17, 15) is 19.2 Å². The van der Waals surface area contributed by atoms with E-state index in [2.05, 4.69) is 211 Å². The number of carbonyl (C=O) groups excluding carboxylic acids is 4. The third-order valence-electron chi connectivity index (χ3n) is 22.3. The zero-order chi connectivity index (χ0) is 88.0. The molecule has 2 aliphatic rings. The summed E-state index contributed by atoms with van der Waals surface area (Å²) >= 11 is 27.1. The summed E-state index contributed by atoms with van der Waals surface area (Å²) in [6.07, 6.45) is 39.5. The molecule has 0 bridgehead atoms. The SMILES string of the molecule is C.C.CCCCCCCCCCCCN1C(=O)c2c(Br)sc(Br)c2C1=O.CCCCCCCCCCCCN1C(=O)c2c(C)sc(-c3cc4sc(-c5c(OCCCCCCCC)c(C)c(-c6cc7sc(C)cc7s6)c6nsnc56)cc4s3)c2C1=O.CCCCCCCCOc1c(C)c(Br)c2nsnc2c1Br.[B]C.[CH3][Sn]([CH3])([CH3])[c]1cc2s[c]([Sn]([CH3])([CH3])[CH3])cc2s1. The molecule has 124 heavy (non-hydrogen) atoms. The van der Waals surface area contributed by atoms with Crippen LogP contribution in [0.4, 0.5) is 0 Å². The number of aryl methyl sites for hydroxylation is 2. The fraction of sp³-hybridized carbons (Fsp3) is 0.558. The summed E-state index contributed by atoms with van der Waals surface area (Å²) in [5, 5.41) is 0. The number of nitrogens with zero attached hydrogens (tertiary/aromatic N) is 6. The van der Waals surface area contributed by atoms with Crippen molar-refractivity contribution in [2.75, 3.05) is 26.3 Å². The Balaban J connectivity index is 0.000000239. The molecule has 0 spiro atoms. The van der Waals surface area contributed by atoms with Gasteiger partial charge in [-0.05, 0) is 141 Å². The van der Waals surface area contributed by atoms with E-state index in [0.717, 1.165) is 159 Å². The molecule has 676 valence electrons. The van der Waals surface area contributed by atoms with Gasteiger partial charge < -0.3 is 9.47 Å². The van der Waals surface area contributed by atoms with Crippen molar-refractivity contribution in [3.8, 4) is 42.1 Å². The van der Waals surface area contributed by atoms with Crippen LogP contribution >= 0.6 is 178 Å². The number of rotatable bonds is 43. The molecule has 0 saturated carbocycles. The number of halogens is 4. The van der Waals surface area contributed by atoms with Crippen LogP contribution in [0.3, 0.4) is 0 Å². The number of carbonyl (C=O) groups is 4. The van der Waals surface area contributed by atoms with E-state index < -0.39 is 36.8 Å². The molecule has 12 heterocycles. The Bertz CT molecular complexity index is 5270. The van der Waals surface area contributed by atoms with Crippen molar-refractivity contribution in [2.24, 2.45) is 0 Å². The second kappa shape index (κ2) is 52.5. The standard InChI is InChI=1S/C47H55N3O3S6.C18H25Br2NO2S.C15H20Br2N2OS.C6H2S2.CH3B.2CH4.6CH3.2Sn/c1-6-8-10-12-14-15-16-17-18-20-22-50-46(51)39-30(5)55-45(41(39)47(50)52)37-27-34-33(58-37)26-36(57-34)40-43-42(48-59-49-43)38(35-25-32-31(56-35)24-28(3)54-32)29(4)44(40)53-23-21-19-13-11-9-7-2;1-2-3-4-5-6-7-8-9-10-11-12-21-17(22)13-14(18(21)23)16(20)24-15(13)19;1-3-4-5-6-7-8-9-20-15-10(2)11(16)13-14(12(15)17)19-21-18-13;1-3-7-6-2-4-8-5(1)6;1-2;;;;;;;;;;/h24-27H,6-23H2,1-5H3;2-12H2,1H3;3-9H2,1-2H3;1-2H;1H3;2*1H4;6*1H3;;. The number of aromatic nitrogens is 4. The molecular formula is C95H131BBr4N6O6S10Sn2. The first kappa shape index (κ1) is 107. The second-order valence-corrected chi connectivity index (χ2v) is 79.1. The van der Waals surface area contributed by atoms with Gasteiger partial charge in [0.2, 0.25) is 0 Å². The van der Waals surface area contributed by atoms with E-state index in [4.69, 9.17) is 18.2 Å². The predicted molar refractivity (Wildman–Crippen MR) is 573 cm³/mol. The van der Waals surface area contributed by atoms with Crippen LogP contribution in [0.2, 0.25) is 36.5 Å². The number of thiophene rings is 8. The molecule has 4 amide bonds. The van der Waals surface area contributed by atoms with Gasteiger partial charge in [0.25, 0.3) is 23.6 Å². The average molecular weight is 2340 g/mol. The minimum atomic E-state index is -1.82. The number of benzene rings is 2. The van der Waals surface area contributed by atoms with Gasteiger partial charge in [0.05, 0.1) is 93.7 Å². The molecule has 12 nitrogen and oxygen atoms in total. The summed E-state index contributed by atoms with van der Waals surface area (Å²) < 4.78 is 46.3. The van der Waals surface area contributed by atoms with Gasteiger partial charge in [-0.2, -0.15) is 17.5 Å². The Kier molecular flexibility index (Phi) is 45.5. The molecule has 10 aromatic heterocycles. The first-order chi connectivity index (χ1) is 58.7. The third kappa shape index (κ3) is 27.6. The number of imide groups is 2. The molecule has 2 radical (unpaired) electrons. The minimum absolute atomic E-state index is 0. The summed E-state index contributed by atoms with van der Waals surface area (Å²) in [6.45, 7) is 21.3. The number of hydrogen-bond acceptors (Lipinski definition) is 20. The van der Waals surface area contributed by atoms with Gasteiger partial charge in [0.1, 0.15) is 33.6 Å². The molecule has 0 saturated heterocycles. The number of ether oxygens (including phenoxy) is 2. The molecule has 14 rings (SSSR count). The monoisotopic (exact) mass is 2340 g/mol. The van der Waals surface area contributed by atoms with Crippen LogP contribution in [0.5, 0.6) is 11.5 Å². The molecule has 12 aromatic rings. The van der Waals surface area contributed by atoms with Crippen molar-refractivity contribution in [3.05, 3.63) is 96.1 Å². The Labute approximate surface area is 824 Å². The third-order valence-corrected chi connectivity index (χ3v) is 54.6. The molecule has 0 fully saturated rings. The maximum atomic E-state index is 13.9. The van der Waals surface area contributed by atoms with E-state index in [0.29, 0.717) is 42.0 Å². The molecule has 0 N–H and O–H groups in total. The number of fused-ring (bicyclic) bond motifs is 7. The first-order valence-corrected chi connectivity index (χ1v) is 75.5. The van der Waals surface area contributed by atoms with Gasteiger partial charge in [-0.15, -0.1) is 68.0 Å². The van der Waals surface area contributed by atoms with Gasteiger partial charge in [-0.3, -0.25) is 29.0 Å². The van der Waals surface area contributed by atoms with Gasteiger partial charge in [0, 0.05) is 73.0 Å². The van der Waals surface area contributed by atoms with Crippen molar-refractivity contribution in [1.29, 1.82) is 0 Å². The molecule has 0 aliphatic carbocycles. The maximum absolute atomic E-state index is 13.9. The van der Waals surface area contributed by atoms with Crippen molar-refractivity contribution in [1.82, 2.24) is 27.3 Å². The van der Waals surface area contributed by atoms with Crippen LogP contribution in [0, 0.1) is 27.7 Å². The normalized spacial score (nSPS) is 12.6. The Morgan fingerprint density at radius 2 is 0.685 bits per heavy atom. The van der Waals surface area contributed by atoms with E-state index in [1.165, 1.54) is 225 Å². The second-order valence-electron chi connectivity index (χ2n) is 34.1.